The zero-order chi connectivity index (χ0) is 30.6. The van der Waals surface area contributed by atoms with Crippen LogP contribution in [-0.4, -0.2) is 84.0 Å². The summed E-state index contributed by atoms with van der Waals surface area (Å²) in [5, 5.41) is 8.97. The van der Waals surface area contributed by atoms with Crippen molar-refractivity contribution in [3.63, 3.8) is 0 Å². The quantitative estimate of drug-likeness (QED) is 0.210. The monoisotopic (exact) mass is 611 g/mol. The maximum Gasteiger partial charge on any atom is 0.232 e. The van der Waals surface area contributed by atoms with Gasteiger partial charge >= 0.3 is 0 Å². The molecule has 0 saturated heterocycles. The second-order valence-electron chi connectivity index (χ2n) is 10.9. The fraction of sp³-hybridized carbons (Fsp3) is 0.400. The number of ether oxygens (including phenoxy) is 1. The predicted molar refractivity (Wildman–Crippen MR) is 177 cm³/mol. The van der Waals surface area contributed by atoms with Crippen molar-refractivity contribution in [1.29, 1.82) is 0 Å². The van der Waals surface area contributed by atoms with Gasteiger partial charge in [0.25, 0.3) is 0 Å². The molecule has 0 aliphatic carbocycles. The van der Waals surface area contributed by atoms with Gasteiger partial charge < -0.3 is 25.2 Å². The highest BCUT2D eigenvalue weighted by atomic mass is 32.2. The Labute approximate surface area is 253 Å². The molecule has 226 valence electrons. The van der Waals surface area contributed by atoms with Crippen molar-refractivity contribution in [3.05, 3.63) is 59.1 Å². The topological polar surface area (TPSA) is 103 Å². The summed E-state index contributed by atoms with van der Waals surface area (Å²) in [5.41, 5.74) is 5.86. The first-order chi connectivity index (χ1) is 19.9. The van der Waals surface area contributed by atoms with Crippen LogP contribution in [0.2, 0.25) is 0 Å². The molecule has 0 atom stereocenters. The predicted octanol–water partition coefficient (Wildman–Crippen LogP) is 5.25. The maximum absolute atomic E-state index is 12.3. The van der Waals surface area contributed by atoms with E-state index in [1.54, 1.807) is 25.5 Å². The van der Waals surface area contributed by atoms with Gasteiger partial charge in [-0.25, -0.2) is 18.4 Å². The van der Waals surface area contributed by atoms with E-state index < -0.39 is 10.0 Å². The van der Waals surface area contributed by atoms with Crippen LogP contribution in [0.1, 0.15) is 25.1 Å². The number of para-hydroxylation sites is 1. The number of anilines is 5. The molecule has 42 heavy (non-hydrogen) atoms. The minimum atomic E-state index is -3.42. The zero-order valence-electron chi connectivity index (χ0n) is 25.6. The molecule has 0 aliphatic heterocycles. The number of fused-ring (bicyclic) bond motifs is 1. The number of nitrogens with zero attached hydrogens (tertiary/aromatic N) is 5. The summed E-state index contributed by atoms with van der Waals surface area (Å²) >= 11 is 1.57. The Morgan fingerprint density at radius 1 is 0.976 bits per heavy atom. The lowest BCUT2D eigenvalue weighted by Gasteiger charge is -2.27. The summed E-state index contributed by atoms with van der Waals surface area (Å²) in [5.74, 6) is 1.11. The average molecular weight is 612 g/mol. The first-order valence-electron chi connectivity index (χ1n) is 13.7. The summed E-state index contributed by atoms with van der Waals surface area (Å²) < 4.78 is 32.7. The van der Waals surface area contributed by atoms with E-state index >= 15 is 0 Å². The van der Waals surface area contributed by atoms with E-state index in [-0.39, 0.29) is 6.04 Å². The molecule has 0 radical (unpaired) electrons. The third-order valence-corrected chi connectivity index (χ3v) is 9.01. The number of thiophene rings is 1. The Morgan fingerprint density at radius 2 is 1.71 bits per heavy atom. The Balaban J connectivity index is 1.74. The number of likely N-dealkylation sites (N-methyl/N-ethyl adjacent to an activating group) is 2. The molecule has 12 heteroatoms. The summed E-state index contributed by atoms with van der Waals surface area (Å²) in [4.78, 5) is 14.1. The Morgan fingerprint density at radius 3 is 2.38 bits per heavy atom. The third kappa shape index (κ3) is 7.42. The smallest absolute Gasteiger partial charge is 0.232 e. The molecule has 10 nitrogen and oxygen atoms in total. The number of benzene rings is 2. The standard InChI is InChI=1S/C30H41N7O3S2/c1-20(2)31-23-18-24(28(40-7)19-27(23)36(5)15-14-35(3)4)33-30-32-22-13-16-41-29(22)25(34-30)17-21-11-9-10-12-26(21)37(6)42(8,38)39/h9-13,16,18-20,31H,14-15,17H2,1-8H3,(H,32,33,34). The number of aromatic nitrogens is 2. The lowest BCUT2D eigenvalue weighted by molar-refractivity contribution is 0.413. The molecule has 2 aromatic carbocycles. The molecular formula is C30H41N7O3S2. The molecule has 0 unspecified atom stereocenters. The summed E-state index contributed by atoms with van der Waals surface area (Å²) in [6.45, 7) is 5.99. The molecule has 0 spiro atoms. The highest BCUT2D eigenvalue weighted by molar-refractivity contribution is 7.92. The van der Waals surface area contributed by atoms with Crippen molar-refractivity contribution in [2.24, 2.45) is 0 Å². The lowest BCUT2D eigenvalue weighted by atomic mass is 10.1. The van der Waals surface area contributed by atoms with E-state index in [9.17, 15) is 8.42 Å². The minimum Gasteiger partial charge on any atom is -0.494 e. The van der Waals surface area contributed by atoms with Crippen LogP contribution in [0, 0.1) is 0 Å². The summed E-state index contributed by atoms with van der Waals surface area (Å²) in [7, 11) is 6.01. The summed E-state index contributed by atoms with van der Waals surface area (Å²) in [6.07, 6.45) is 1.65. The zero-order valence-corrected chi connectivity index (χ0v) is 27.2. The van der Waals surface area contributed by atoms with E-state index in [0.29, 0.717) is 23.8 Å². The highest BCUT2D eigenvalue weighted by Crippen LogP contribution is 2.39. The number of nitrogens with one attached hydrogen (secondary N) is 2. The van der Waals surface area contributed by atoms with Gasteiger partial charge in [0.15, 0.2) is 0 Å². The molecule has 4 rings (SSSR count). The number of rotatable bonds is 13. The van der Waals surface area contributed by atoms with Crippen LogP contribution in [0.4, 0.5) is 28.7 Å². The van der Waals surface area contributed by atoms with Gasteiger partial charge in [0.1, 0.15) is 5.75 Å². The van der Waals surface area contributed by atoms with Crippen LogP contribution in [0.5, 0.6) is 5.75 Å². The molecule has 2 heterocycles. The minimum absolute atomic E-state index is 0.224. The van der Waals surface area contributed by atoms with Crippen molar-refractivity contribution in [3.8, 4) is 5.75 Å². The third-order valence-electron chi connectivity index (χ3n) is 6.86. The highest BCUT2D eigenvalue weighted by Gasteiger charge is 2.20. The molecule has 0 bridgehead atoms. The van der Waals surface area contributed by atoms with Gasteiger partial charge in [0.2, 0.25) is 16.0 Å². The molecule has 0 amide bonds. The van der Waals surface area contributed by atoms with Crippen LogP contribution >= 0.6 is 11.3 Å². The summed E-state index contributed by atoms with van der Waals surface area (Å²) in [6, 6.07) is 13.8. The largest absolute Gasteiger partial charge is 0.494 e. The van der Waals surface area contributed by atoms with Gasteiger partial charge in [0, 0.05) is 45.7 Å². The normalized spacial score (nSPS) is 11.8. The molecular weight excluding hydrogens is 571 g/mol. The van der Waals surface area contributed by atoms with Gasteiger partial charge in [-0.3, -0.25) is 4.31 Å². The molecule has 0 fully saturated rings. The van der Waals surface area contributed by atoms with Gasteiger partial charge in [-0.05, 0) is 57.1 Å². The Hall–Kier alpha value is -3.61. The Bertz CT molecular complexity index is 1640. The Kier molecular flexibility index (Phi) is 9.80. The van der Waals surface area contributed by atoms with E-state index in [1.165, 1.54) is 10.6 Å². The fourth-order valence-electron chi connectivity index (χ4n) is 4.60. The number of methoxy groups -OCH3 is 1. The molecule has 0 aliphatic rings. The van der Waals surface area contributed by atoms with E-state index in [0.717, 1.165) is 51.6 Å². The lowest BCUT2D eigenvalue weighted by Crippen LogP contribution is -2.29. The van der Waals surface area contributed by atoms with Gasteiger partial charge in [-0.15, -0.1) is 11.3 Å². The molecule has 2 aromatic heterocycles. The van der Waals surface area contributed by atoms with Crippen molar-refractivity contribution >= 4 is 60.3 Å². The van der Waals surface area contributed by atoms with Crippen LogP contribution in [0.3, 0.4) is 0 Å². The maximum atomic E-state index is 12.3. The van der Waals surface area contributed by atoms with Crippen molar-refractivity contribution in [1.82, 2.24) is 14.9 Å². The van der Waals surface area contributed by atoms with Crippen LogP contribution < -0.4 is 24.6 Å². The first-order valence-corrected chi connectivity index (χ1v) is 16.5. The van der Waals surface area contributed by atoms with Crippen molar-refractivity contribution < 1.29 is 13.2 Å². The molecule has 4 aromatic rings. The first kappa shape index (κ1) is 31.3. The number of hydrogen-bond acceptors (Lipinski definition) is 10. The van der Waals surface area contributed by atoms with Gasteiger partial charge in [-0.1, -0.05) is 18.2 Å². The fourth-order valence-corrected chi connectivity index (χ4v) is 5.95. The second kappa shape index (κ2) is 13.1. The van der Waals surface area contributed by atoms with Crippen LogP contribution in [0.25, 0.3) is 10.2 Å². The van der Waals surface area contributed by atoms with Crippen LogP contribution in [-0.2, 0) is 16.4 Å². The molecule has 0 saturated carbocycles. The van der Waals surface area contributed by atoms with Crippen molar-refractivity contribution in [2.45, 2.75) is 26.3 Å². The van der Waals surface area contributed by atoms with Gasteiger partial charge in [0.05, 0.1) is 52.0 Å². The van der Waals surface area contributed by atoms with Crippen LogP contribution in [0.15, 0.2) is 47.8 Å². The van der Waals surface area contributed by atoms with Gasteiger partial charge in [-0.2, -0.15) is 0 Å². The van der Waals surface area contributed by atoms with E-state index in [1.807, 2.05) is 47.8 Å². The number of hydrogen-bond donors (Lipinski definition) is 2. The second-order valence-corrected chi connectivity index (χ2v) is 13.8. The average Bonchev–Trinajstić information content (AvgIpc) is 3.40. The molecule has 2 N–H and O–H groups in total. The van der Waals surface area contributed by atoms with Crippen molar-refractivity contribution in [2.75, 3.05) is 74.5 Å². The SMILES string of the molecule is COc1cc(N(C)CCN(C)C)c(NC(C)C)cc1Nc1nc(Cc2ccccc2N(C)S(C)(=O)=O)c2sccc2n1. The van der Waals surface area contributed by atoms with E-state index in [2.05, 4.69) is 55.4 Å². The van der Waals surface area contributed by atoms with E-state index in [4.69, 9.17) is 14.7 Å². The number of sulfonamides is 1.